The molecule has 0 aliphatic carbocycles. The average Bonchev–Trinajstić information content (AvgIpc) is 3.29. The van der Waals surface area contributed by atoms with Crippen molar-refractivity contribution >= 4 is 17.6 Å². The molecule has 3 aromatic rings. The second kappa shape index (κ2) is 7.68. The van der Waals surface area contributed by atoms with E-state index in [0.29, 0.717) is 18.7 Å². The molecule has 1 fully saturated rings. The highest BCUT2D eigenvalue weighted by Crippen LogP contribution is 2.30. The molecule has 0 bridgehead atoms. The number of hydrogen-bond acceptors (Lipinski definition) is 3. The summed E-state index contributed by atoms with van der Waals surface area (Å²) in [6.45, 7) is 2.03. The van der Waals surface area contributed by atoms with Crippen molar-refractivity contribution in [2.24, 2.45) is 0 Å². The van der Waals surface area contributed by atoms with Crippen molar-refractivity contribution in [2.45, 2.75) is 32.2 Å². The summed E-state index contributed by atoms with van der Waals surface area (Å²) >= 11 is 0. The molecule has 0 unspecified atom stereocenters. The van der Waals surface area contributed by atoms with Crippen LogP contribution in [0.4, 0.5) is 5.82 Å². The number of anilines is 1. The molecular formula is C22H22N4O2. The van der Waals surface area contributed by atoms with E-state index in [1.807, 2.05) is 61.5 Å². The summed E-state index contributed by atoms with van der Waals surface area (Å²) in [5, 5.41) is 10.4. The first-order valence-corrected chi connectivity index (χ1v) is 9.40. The molecule has 2 N–H and O–H groups in total. The summed E-state index contributed by atoms with van der Waals surface area (Å²) < 4.78 is 1.74. The molecule has 4 rings (SSSR count). The Hall–Kier alpha value is -3.41. The zero-order chi connectivity index (χ0) is 19.5. The summed E-state index contributed by atoms with van der Waals surface area (Å²) in [7, 11) is 0. The zero-order valence-corrected chi connectivity index (χ0v) is 15.7. The van der Waals surface area contributed by atoms with E-state index < -0.39 is 0 Å². The maximum Gasteiger partial charge on any atom is 0.227 e. The van der Waals surface area contributed by atoms with Crippen molar-refractivity contribution in [3.05, 3.63) is 66.4 Å². The summed E-state index contributed by atoms with van der Waals surface area (Å²) in [6.07, 6.45) is 3.19. The van der Waals surface area contributed by atoms with Crippen LogP contribution in [0.1, 0.15) is 24.8 Å². The number of aryl methyl sites for hydroxylation is 1. The van der Waals surface area contributed by atoms with Gasteiger partial charge in [-0.3, -0.25) is 9.59 Å². The third-order valence-corrected chi connectivity index (χ3v) is 4.91. The normalized spacial score (nSPS) is 16.0. The molecule has 28 heavy (non-hydrogen) atoms. The highest BCUT2D eigenvalue weighted by atomic mass is 16.2. The molecule has 2 heterocycles. The van der Waals surface area contributed by atoms with Crippen molar-refractivity contribution < 1.29 is 9.59 Å². The van der Waals surface area contributed by atoms with Gasteiger partial charge in [0.2, 0.25) is 11.8 Å². The number of carbonyl (C=O) groups is 2. The van der Waals surface area contributed by atoms with Gasteiger partial charge in [-0.15, -0.1) is 0 Å². The SMILES string of the molecule is Cc1ccc(-n2ncc(-c3ccccc3)c2NC(=O)C[C@@H]2CCC(=O)N2)cc1. The van der Waals surface area contributed by atoms with Crippen LogP contribution in [0.5, 0.6) is 0 Å². The Morgan fingerprint density at radius 1 is 1.18 bits per heavy atom. The molecule has 142 valence electrons. The van der Waals surface area contributed by atoms with Gasteiger partial charge in [0.05, 0.1) is 11.9 Å². The van der Waals surface area contributed by atoms with Gasteiger partial charge in [0, 0.05) is 24.4 Å². The molecule has 1 atom stereocenters. The number of hydrogen-bond donors (Lipinski definition) is 2. The smallest absolute Gasteiger partial charge is 0.227 e. The minimum Gasteiger partial charge on any atom is -0.353 e. The van der Waals surface area contributed by atoms with E-state index in [9.17, 15) is 9.59 Å². The topological polar surface area (TPSA) is 76.0 Å². The molecule has 1 aliphatic heterocycles. The van der Waals surface area contributed by atoms with Crippen LogP contribution >= 0.6 is 0 Å². The standard InChI is InChI=1S/C22H22N4O2/c1-15-7-10-18(11-8-15)26-22(19(14-23-26)16-5-3-2-4-6-16)25-21(28)13-17-9-12-20(27)24-17/h2-8,10-11,14,17H,9,12-13H2,1H3,(H,24,27)(H,25,28)/t17-/m0/s1. The molecule has 6 nitrogen and oxygen atoms in total. The second-order valence-electron chi connectivity index (χ2n) is 7.08. The molecule has 1 aliphatic rings. The maximum absolute atomic E-state index is 12.7. The Kier molecular flexibility index (Phi) is 4.93. The first-order valence-electron chi connectivity index (χ1n) is 9.40. The molecule has 6 heteroatoms. The van der Waals surface area contributed by atoms with E-state index in [0.717, 1.165) is 22.4 Å². The largest absolute Gasteiger partial charge is 0.353 e. The first-order chi connectivity index (χ1) is 13.6. The molecule has 0 saturated carbocycles. The number of nitrogens with one attached hydrogen (secondary N) is 2. The Bertz CT molecular complexity index is 993. The van der Waals surface area contributed by atoms with Crippen LogP contribution in [-0.2, 0) is 9.59 Å². The molecule has 1 aromatic heterocycles. The highest BCUT2D eigenvalue weighted by Gasteiger charge is 2.24. The fourth-order valence-electron chi connectivity index (χ4n) is 3.42. The third kappa shape index (κ3) is 3.81. The Balaban J connectivity index is 1.66. The number of nitrogens with zero attached hydrogens (tertiary/aromatic N) is 2. The number of carbonyl (C=O) groups excluding carboxylic acids is 2. The van der Waals surface area contributed by atoms with E-state index in [2.05, 4.69) is 15.7 Å². The molecule has 2 aromatic carbocycles. The van der Waals surface area contributed by atoms with Gasteiger partial charge >= 0.3 is 0 Å². The lowest BCUT2D eigenvalue weighted by Gasteiger charge is -2.14. The van der Waals surface area contributed by atoms with Crippen LogP contribution in [0, 0.1) is 6.92 Å². The van der Waals surface area contributed by atoms with Crippen LogP contribution < -0.4 is 10.6 Å². The number of benzene rings is 2. The van der Waals surface area contributed by atoms with Gasteiger partial charge in [-0.25, -0.2) is 4.68 Å². The summed E-state index contributed by atoms with van der Waals surface area (Å²) in [6, 6.07) is 17.7. The van der Waals surface area contributed by atoms with Crippen LogP contribution in [0.2, 0.25) is 0 Å². The average molecular weight is 374 g/mol. The minimum atomic E-state index is -0.141. The summed E-state index contributed by atoms with van der Waals surface area (Å²) in [5.74, 6) is 0.495. The fraction of sp³-hybridized carbons (Fsp3) is 0.227. The highest BCUT2D eigenvalue weighted by molar-refractivity contribution is 5.95. The van der Waals surface area contributed by atoms with Crippen molar-refractivity contribution in [3.63, 3.8) is 0 Å². The maximum atomic E-state index is 12.7. The number of rotatable bonds is 5. The van der Waals surface area contributed by atoms with Crippen LogP contribution in [0.15, 0.2) is 60.8 Å². The van der Waals surface area contributed by atoms with Gasteiger partial charge in [-0.05, 0) is 31.0 Å². The van der Waals surface area contributed by atoms with Crippen LogP contribution in [-0.4, -0.2) is 27.6 Å². The van der Waals surface area contributed by atoms with E-state index in [1.165, 1.54) is 0 Å². The molecule has 0 radical (unpaired) electrons. The van der Waals surface area contributed by atoms with Crippen molar-refractivity contribution in [2.75, 3.05) is 5.32 Å². The van der Waals surface area contributed by atoms with E-state index in [-0.39, 0.29) is 24.3 Å². The van der Waals surface area contributed by atoms with E-state index in [4.69, 9.17) is 0 Å². The molecule has 0 spiro atoms. The predicted molar refractivity (Wildman–Crippen MR) is 108 cm³/mol. The van der Waals surface area contributed by atoms with Crippen LogP contribution in [0.25, 0.3) is 16.8 Å². The summed E-state index contributed by atoms with van der Waals surface area (Å²) in [4.78, 5) is 24.1. The van der Waals surface area contributed by atoms with E-state index in [1.54, 1.807) is 10.9 Å². The lowest BCUT2D eigenvalue weighted by atomic mass is 10.1. The fourth-order valence-corrected chi connectivity index (χ4v) is 3.42. The molecule has 2 amide bonds. The molecular weight excluding hydrogens is 352 g/mol. The van der Waals surface area contributed by atoms with Gasteiger partial charge < -0.3 is 10.6 Å². The van der Waals surface area contributed by atoms with Gasteiger partial charge in [-0.2, -0.15) is 5.10 Å². The minimum absolute atomic E-state index is 0.00692. The van der Waals surface area contributed by atoms with Crippen molar-refractivity contribution in [3.8, 4) is 16.8 Å². The lowest BCUT2D eigenvalue weighted by Crippen LogP contribution is -2.30. The summed E-state index contributed by atoms with van der Waals surface area (Å²) in [5.41, 5.74) is 3.86. The number of aromatic nitrogens is 2. The van der Waals surface area contributed by atoms with Gasteiger partial charge in [0.25, 0.3) is 0 Å². The second-order valence-corrected chi connectivity index (χ2v) is 7.08. The monoisotopic (exact) mass is 374 g/mol. The third-order valence-electron chi connectivity index (χ3n) is 4.91. The van der Waals surface area contributed by atoms with Gasteiger partial charge in [0.15, 0.2) is 0 Å². The molecule has 1 saturated heterocycles. The van der Waals surface area contributed by atoms with Gasteiger partial charge in [-0.1, -0.05) is 48.0 Å². The number of amides is 2. The van der Waals surface area contributed by atoms with E-state index >= 15 is 0 Å². The Morgan fingerprint density at radius 2 is 1.93 bits per heavy atom. The zero-order valence-electron chi connectivity index (χ0n) is 15.7. The van der Waals surface area contributed by atoms with Crippen molar-refractivity contribution in [1.82, 2.24) is 15.1 Å². The quantitative estimate of drug-likeness (QED) is 0.718. The Morgan fingerprint density at radius 3 is 2.61 bits per heavy atom. The van der Waals surface area contributed by atoms with Gasteiger partial charge in [0.1, 0.15) is 5.82 Å². The van der Waals surface area contributed by atoms with Crippen LogP contribution in [0.3, 0.4) is 0 Å². The van der Waals surface area contributed by atoms with Crippen molar-refractivity contribution in [1.29, 1.82) is 0 Å². The Labute approximate surface area is 163 Å². The first kappa shape index (κ1) is 18.0. The lowest BCUT2D eigenvalue weighted by molar-refractivity contribution is -0.119. The predicted octanol–water partition coefficient (Wildman–Crippen LogP) is 3.45.